The summed E-state index contributed by atoms with van der Waals surface area (Å²) in [6.45, 7) is 4.89. The predicted octanol–water partition coefficient (Wildman–Crippen LogP) is 5.23. The van der Waals surface area contributed by atoms with Crippen molar-refractivity contribution in [1.82, 2.24) is 10.2 Å². The van der Waals surface area contributed by atoms with E-state index < -0.39 is 11.9 Å². The molecule has 34 heavy (non-hydrogen) atoms. The maximum Gasteiger partial charge on any atom is 0.243 e. The summed E-state index contributed by atoms with van der Waals surface area (Å²) in [4.78, 5) is 28.6. The molecular weight excluding hydrogens is 427 g/mol. The van der Waals surface area contributed by atoms with Gasteiger partial charge in [-0.3, -0.25) is 9.59 Å². The third-order valence-electron chi connectivity index (χ3n) is 5.84. The fraction of sp³-hybridized carbons (Fsp3) is 0.310. The minimum absolute atomic E-state index is 0.105. The number of amides is 2. The molecule has 0 radical (unpaired) electrons. The lowest BCUT2D eigenvalue weighted by Gasteiger charge is -2.32. The molecule has 0 saturated heterocycles. The Morgan fingerprint density at radius 1 is 0.941 bits per heavy atom. The van der Waals surface area contributed by atoms with E-state index >= 15 is 0 Å². The van der Waals surface area contributed by atoms with Crippen LogP contribution in [0.5, 0.6) is 0 Å². The lowest BCUT2D eigenvalue weighted by atomic mass is 10.0. The predicted molar refractivity (Wildman–Crippen MR) is 134 cm³/mol. The van der Waals surface area contributed by atoms with Crippen LogP contribution in [0.2, 0.25) is 0 Å². The van der Waals surface area contributed by atoms with Gasteiger partial charge in [-0.2, -0.15) is 0 Å². The van der Waals surface area contributed by atoms with Gasteiger partial charge in [0.25, 0.3) is 0 Å². The van der Waals surface area contributed by atoms with Crippen LogP contribution in [0.3, 0.4) is 0 Å². The SMILES string of the molecule is CCCCNC(=O)[C@H](Cc1ccccc1)N(Cc1cccc(C)c1)C(=O)Cc1ccccc1F. The largest absolute Gasteiger partial charge is 0.354 e. The first kappa shape index (κ1) is 25.2. The summed E-state index contributed by atoms with van der Waals surface area (Å²) in [6, 6.07) is 23.2. The summed E-state index contributed by atoms with van der Waals surface area (Å²) in [5.41, 5.74) is 3.30. The first-order chi connectivity index (χ1) is 16.5. The summed E-state index contributed by atoms with van der Waals surface area (Å²) in [5.74, 6) is -0.886. The molecule has 5 heteroatoms. The fourth-order valence-electron chi connectivity index (χ4n) is 3.97. The van der Waals surface area contributed by atoms with Crippen molar-refractivity contribution in [2.45, 2.75) is 52.1 Å². The molecule has 0 aromatic heterocycles. The van der Waals surface area contributed by atoms with Gasteiger partial charge in [0, 0.05) is 19.5 Å². The van der Waals surface area contributed by atoms with Crippen LogP contribution in [0.25, 0.3) is 0 Å². The number of halogens is 1. The van der Waals surface area contributed by atoms with Gasteiger partial charge >= 0.3 is 0 Å². The third-order valence-corrected chi connectivity index (χ3v) is 5.84. The van der Waals surface area contributed by atoms with Crippen molar-refractivity contribution < 1.29 is 14.0 Å². The van der Waals surface area contributed by atoms with Gasteiger partial charge in [-0.1, -0.05) is 91.7 Å². The molecule has 1 N–H and O–H groups in total. The minimum Gasteiger partial charge on any atom is -0.354 e. The Bertz CT molecular complexity index is 1080. The molecule has 0 aliphatic carbocycles. The lowest BCUT2D eigenvalue weighted by Crippen LogP contribution is -2.51. The van der Waals surface area contributed by atoms with E-state index in [4.69, 9.17) is 0 Å². The van der Waals surface area contributed by atoms with E-state index in [1.807, 2.05) is 61.5 Å². The fourth-order valence-corrected chi connectivity index (χ4v) is 3.97. The maximum atomic E-state index is 14.4. The minimum atomic E-state index is -0.709. The molecular formula is C29H33FN2O2. The van der Waals surface area contributed by atoms with Crippen LogP contribution in [0.1, 0.15) is 42.0 Å². The van der Waals surface area contributed by atoms with E-state index in [-0.39, 0.29) is 24.8 Å². The molecule has 0 spiro atoms. The van der Waals surface area contributed by atoms with E-state index in [1.165, 1.54) is 6.07 Å². The van der Waals surface area contributed by atoms with Crippen LogP contribution in [0.15, 0.2) is 78.9 Å². The van der Waals surface area contributed by atoms with Crippen molar-refractivity contribution >= 4 is 11.8 Å². The zero-order valence-electron chi connectivity index (χ0n) is 20.0. The molecule has 0 aliphatic rings. The summed E-state index contributed by atoms with van der Waals surface area (Å²) in [6.07, 6.45) is 2.10. The number of carbonyl (C=O) groups excluding carboxylic acids is 2. The monoisotopic (exact) mass is 460 g/mol. The molecule has 0 aliphatic heterocycles. The Kier molecular flexibility index (Phi) is 9.39. The van der Waals surface area contributed by atoms with Gasteiger partial charge in [0.05, 0.1) is 6.42 Å². The van der Waals surface area contributed by atoms with E-state index in [0.29, 0.717) is 18.5 Å². The molecule has 178 valence electrons. The van der Waals surface area contributed by atoms with Crippen molar-refractivity contribution in [1.29, 1.82) is 0 Å². The molecule has 2 amide bonds. The van der Waals surface area contributed by atoms with Crippen LogP contribution in [0.4, 0.5) is 4.39 Å². The highest BCUT2D eigenvalue weighted by Crippen LogP contribution is 2.18. The molecule has 3 aromatic rings. The Balaban J connectivity index is 1.95. The topological polar surface area (TPSA) is 49.4 Å². The van der Waals surface area contributed by atoms with E-state index in [2.05, 4.69) is 12.2 Å². The Morgan fingerprint density at radius 2 is 1.65 bits per heavy atom. The second-order valence-electron chi connectivity index (χ2n) is 8.63. The Hall–Kier alpha value is -3.47. The molecule has 3 aromatic carbocycles. The van der Waals surface area contributed by atoms with Gasteiger partial charge in [0.2, 0.25) is 11.8 Å². The van der Waals surface area contributed by atoms with Crippen molar-refractivity contribution in [3.63, 3.8) is 0 Å². The number of carbonyl (C=O) groups is 2. The molecule has 1 atom stereocenters. The van der Waals surface area contributed by atoms with E-state index in [0.717, 1.165) is 29.5 Å². The van der Waals surface area contributed by atoms with Crippen LogP contribution in [-0.2, 0) is 29.0 Å². The van der Waals surface area contributed by atoms with Crippen molar-refractivity contribution in [3.8, 4) is 0 Å². The standard InChI is InChI=1S/C29H33FN2O2/c1-3-4-17-31-29(34)27(19-23-12-6-5-7-13-23)32(21-24-14-10-11-22(2)18-24)28(33)20-25-15-8-9-16-26(25)30/h5-16,18,27H,3-4,17,19-21H2,1-2H3,(H,31,34)/t27-/m0/s1. The third kappa shape index (κ3) is 7.27. The number of hydrogen-bond acceptors (Lipinski definition) is 2. The highest BCUT2D eigenvalue weighted by molar-refractivity contribution is 5.88. The van der Waals surface area contributed by atoms with Gasteiger partial charge in [0.15, 0.2) is 0 Å². The number of hydrogen-bond donors (Lipinski definition) is 1. The summed E-state index contributed by atoms with van der Waals surface area (Å²) >= 11 is 0. The van der Waals surface area contributed by atoms with Gasteiger partial charge in [-0.15, -0.1) is 0 Å². The van der Waals surface area contributed by atoms with Gasteiger partial charge in [0.1, 0.15) is 11.9 Å². The number of aryl methyl sites for hydroxylation is 1. The molecule has 0 unspecified atom stereocenters. The molecule has 0 bridgehead atoms. The first-order valence-corrected chi connectivity index (χ1v) is 11.9. The average molecular weight is 461 g/mol. The van der Waals surface area contributed by atoms with E-state index in [9.17, 15) is 14.0 Å². The van der Waals surface area contributed by atoms with Crippen molar-refractivity contribution in [3.05, 3.63) is 107 Å². The highest BCUT2D eigenvalue weighted by Gasteiger charge is 2.30. The number of nitrogens with zero attached hydrogens (tertiary/aromatic N) is 1. The summed E-state index contributed by atoms with van der Waals surface area (Å²) in [5, 5.41) is 3.00. The van der Waals surface area contributed by atoms with Crippen LogP contribution in [0, 0.1) is 12.7 Å². The molecule has 4 nitrogen and oxygen atoms in total. The van der Waals surface area contributed by atoms with Crippen molar-refractivity contribution in [2.24, 2.45) is 0 Å². The average Bonchev–Trinajstić information content (AvgIpc) is 2.83. The zero-order chi connectivity index (χ0) is 24.3. The molecule has 0 heterocycles. The summed E-state index contributed by atoms with van der Waals surface area (Å²) in [7, 11) is 0. The second kappa shape index (κ2) is 12.7. The maximum absolute atomic E-state index is 14.4. The highest BCUT2D eigenvalue weighted by atomic mass is 19.1. The zero-order valence-corrected chi connectivity index (χ0v) is 20.0. The van der Waals surface area contributed by atoms with Gasteiger partial charge < -0.3 is 10.2 Å². The van der Waals surface area contributed by atoms with Gasteiger partial charge in [-0.05, 0) is 36.1 Å². The normalized spacial score (nSPS) is 11.6. The van der Waals surface area contributed by atoms with Crippen LogP contribution < -0.4 is 5.32 Å². The van der Waals surface area contributed by atoms with E-state index in [1.54, 1.807) is 23.1 Å². The summed E-state index contributed by atoms with van der Waals surface area (Å²) < 4.78 is 14.4. The number of unbranched alkanes of at least 4 members (excludes halogenated alkanes) is 1. The molecule has 0 fully saturated rings. The molecule has 0 saturated carbocycles. The lowest BCUT2D eigenvalue weighted by molar-refractivity contribution is -0.140. The quantitative estimate of drug-likeness (QED) is 0.398. The van der Waals surface area contributed by atoms with Crippen LogP contribution >= 0.6 is 0 Å². The van der Waals surface area contributed by atoms with Gasteiger partial charge in [-0.25, -0.2) is 4.39 Å². The van der Waals surface area contributed by atoms with Crippen molar-refractivity contribution in [2.75, 3.05) is 6.54 Å². The number of rotatable bonds is 11. The number of benzene rings is 3. The first-order valence-electron chi connectivity index (χ1n) is 11.9. The Morgan fingerprint density at radius 3 is 2.35 bits per heavy atom. The molecule has 3 rings (SSSR count). The van der Waals surface area contributed by atoms with Crippen LogP contribution in [-0.4, -0.2) is 29.3 Å². The smallest absolute Gasteiger partial charge is 0.243 e. The number of nitrogens with one attached hydrogen (secondary N) is 1. The Labute approximate surface area is 201 Å². The second-order valence-corrected chi connectivity index (χ2v) is 8.63.